The lowest BCUT2D eigenvalue weighted by atomic mass is 10.0. The third kappa shape index (κ3) is 4.74. The smallest absolute Gasteiger partial charge is 0.244 e. The van der Waals surface area contributed by atoms with Crippen molar-refractivity contribution in [1.82, 2.24) is 19.6 Å². The number of carbonyl (C=O) groups is 1. The van der Waals surface area contributed by atoms with E-state index < -0.39 is 0 Å². The highest BCUT2D eigenvalue weighted by Gasteiger charge is 2.30. The second-order valence-corrected chi connectivity index (χ2v) is 7.79. The minimum atomic E-state index is -0.272. The molecule has 1 aliphatic rings. The molecule has 3 aromatic rings. The number of hydrogen-bond donors (Lipinski definition) is 0. The van der Waals surface area contributed by atoms with E-state index in [0.29, 0.717) is 6.54 Å². The van der Waals surface area contributed by atoms with Crippen molar-refractivity contribution >= 4 is 5.91 Å². The Kier molecular flexibility index (Phi) is 6.06. The molecule has 2 aromatic carbocycles. The maximum Gasteiger partial charge on any atom is 0.244 e. The SMILES string of the molecule is CN(Cc1cnn(Cc2ccccc2)c1)C(C(=O)N1CCCC1)c1ccccc1. The van der Waals surface area contributed by atoms with Crippen LogP contribution in [0.1, 0.15) is 35.6 Å². The Labute approximate surface area is 172 Å². The van der Waals surface area contributed by atoms with Crippen LogP contribution in [0.5, 0.6) is 0 Å². The molecule has 1 saturated heterocycles. The van der Waals surface area contributed by atoms with Gasteiger partial charge in [-0.25, -0.2) is 0 Å². The van der Waals surface area contributed by atoms with Gasteiger partial charge in [0, 0.05) is 31.4 Å². The Morgan fingerprint density at radius 3 is 2.34 bits per heavy atom. The highest BCUT2D eigenvalue weighted by atomic mass is 16.2. The van der Waals surface area contributed by atoms with Crippen molar-refractivity contribution in [2.75, 3.05) is 20.1 Å². The number of carbonyl (C=O) groups excluding carboxylic acids is 1. The van der Waals surface area contributed by atoms with E-state index in [-0.39, 0.29) is 11.9 Å². The van der Waals surface area contributed by atoms with Gasteiger partial charge in [-0.05, 0) is 31.0 Å². The standard InChI is InChI=1S/C24H28N4O/c1-26(17-21-16-25-28(19-21)18-20-10-4-2-5-11-20)23(22-12-6-3-7-13-22)24(29)27-14-8-9-15-27/h2-7,10-13,16,19,23H,8-9,14-15,17-18H2,1H3. The molecule has 1 aromatic heterocycles. The zero-order valence-corrected chi connectivity index (χ0v) is 16.9. The zero-order chi connectivity index (χ0) is 20.1. The van der Waals surface area contributed by atoms with Gasteiger partial charge >= 0.3 is 0 Å². The van der Waals surface area contributed by atoms with Crippen LogP contribution in [0.15, 0.2) is 73.1 Å². The Morgan fingerprint density at radius 2 is 1.66 bits per heavy atom. The molecule has 1 fully saturated rings. The lowest BCUT2D eigenvalue weighted by molar-refractivity contribution is -0.136. The van der Waals surface area contributed by atoms with Crippen molar-refractivity contribution in [2.24, 2.45) is 0 Å². The Bertz CT molecular complexity index is 916. The first kappa shape index (κ1) is 19.4. The van der Waals surface area contributed by atoms with Crippen LogP contribution in [-0.4, -0.2) is 45.6 Å². The summed E-state index contributed by atoms with van der Waals surface area (Å²) in [5.74, 6) is 0.202. The number of nitrogens with zero attached hydrogens (tertiary/aromatic N) is 4. The maximum absolute atomic E-state index is 13.3. The quantitative estimate of drug-likeness (QED) is 0.619. The number of likely N-dealkylation sites (N-methyl/N-ethyl adjacent to an activating group) is 1. The van der Waals surface area contributed by atoms with E-state index in [1.807, 2.05) is 71.4 Å². The number of hydrogen-bond acceptors (Lipinski definition) is 3. The first-order valence-electron chi connectivity index (χ1n) is 10.3. The molecule has 0 spiro atoms. The molecule has 29 heavy (non-hydrogen) atoms. The predicted molar refractivity (Wildman–Crippen MR) is 114 cm³/mol. The molecule has 1 aliphatic heterocycles. The second kappa shape index (κ2) is 9.05. The van der Waals surface area contributed by atoms with Gasteiger partial charge in [-0.1, -0.05) is 60.7 Å². The van der Waals surface area contributed by atoms with Crippen molar-refractivity contribution in [1.29, 1.82) is 0 Å². The van der Waals surface area contributed by atoms with Crippen molar-refractivity contribution < 1.29 is 4.79 Å². The van der Waals surface area contributed by atoms with Crippen LogP contribution >= 0.6 is 0 Å². The summed E-state index contributed by atoms with van der Waals surface area (Å²) in [5, 5.41) is 4.51. The summed E-state index contributed by atoms with van der Waals surface area (Å²) in [6.45, 7) is 3.16. The number of aromatic nitrogens is 2. The van der Waals surface area contributed by atoms with E-state index in [1.165, 1.54) is 5.56 Å². The monoisotopic (exact) mass is 388 g/mol. The molecule has 0 saturated carbocycles. The Hall–Kier alpha value is -2.92. The fourth-order valence-electron chi connectivity index (χ4n) is 4.06. The molecule has 0 radical (unpaired) electrons. The first-order chi connectivity index (χ1) is 14.2. The van der Waals surface area contributed by atoms with Crippen LogP contribution in [0, 0.1) is 0 Å². The first-order valence-corrected chi connectivity index (χ1v) is 10.3. The van der Waals surface area contributed by atoms with Crippen molar-refractivity contribution in [3.63, 3.8) is 0 Å². The molecule has 0 aliphatic carbocycles. The van der Waals surface area contributed by atoms with E-state index in [1.54, 1.807) is 0 Å². The van der Waals surface area contributed by atoms with Crippen molar-refractivity contribution in [2.45, 2.75) is 32.0 Å². The third-order valence-corrected chi connectivity index (χ3v) is 5.51. The second-order valence-electron chi connectivity index (χ2n) is 7.79. The van der Waals surface area contributed by atoms with Crippen LogP contribution in [0.3, 0.4) is 0 Å². The van der Waals surface area contributed by atoms with Gasteiger partial charge in [0.1, 0.15) is 6.04 Å². The largest absolute Gasteiger partial charge is 0.341 e. The maximum atomic E-state index is 13.3. The fourth-order valence-corrected chi connectivity index (χ4v) is 4.06. The average Bonchev–Trinajstić information content (AvgIpc) is 3.42. The van der Waals surface area contributed by atoms with Crippen LogP contribution < -0.4 is 0 Å². The normalized spacial score (nSPS) is 15.0. The molecule has 5 nitrogen and oxygen atoms in total. The molecule has 1 unspecified atom stereocenters. The number of likely N-dealkylation sites (tertiary alicyclic amines) is 1. The lowest BCUT2D eigenvalue weighted by Gasteiger charge is -2.30. The van der Waals surface area contributed by atoms with Gasteiger partial charge in [0.05, 0.1) is 12.7 Å². The van der Waals surface area contributed by atoms with Crippen LogP contribution in [-0.2, 0) is 17.9 Å². The average molecular weight is 389 g/mol. The van der Waals surface area contributed by atoms with Gasteiger partial charge in [0.25, 0.3) is 0 Å². The summed E-state index contributed by atoms with van der Waals surface area (Å²) in [5.41, 5.74) is 3.38. The third-order valence-electron chi connectivity index (χ3n) is 5.51. The number of rotatable bonds is 7. The van der Waals surface area contributed by atoms with Gasteiger partial charge in [0.2, 0.25) is 5.91 Å². The van der Waals surface area contributed by atoms with Gasteiger partial charge in [-0.15, -0.1) is 0 Å². The summed E-state index contributed by atoms with van der Waals surface area (Å²) in [7, 11) is 2.03. The molecule has 1 amide bonds. The molecular weight excluding hydrogens is 360 g/mol. The summed E-state index contributed by atoms with van der Waals surface area (Å²) in [4.78, 5) is 17.4. The number of amides is 1. The van der Waals surface area contributed by atoms with Gasteiger partial charge < -0.3 is 4.90 Å². The minimum absolute atomic E-state index is 0.202. The molecule has 4 rings (SSSR count). The van der Waals surface area contributed by atoms with E-state index in [2.05, 4.69) is 28.3 Å². The summed E-state index contributed by atoms with van der Waals surface area (Å²) < 4.78 is 1.96. The predicted octanol–water partition coefficient (Wildman–Crippen LogP) is 3.73. The molecule has 0 N–H and O–H groups in total. The van der Waals surface area contributed by atoms with Gasteiger partial charge in [-0.2, -0.15) is 5.10 Å². The molecule has 0 bridgehead atoms. The highest BCUT2D eigenvalue weighted by molar-refractivity contribution is 5.83. The summed E-state index contributed by atoms with van der Waals surface area (Å²) >= 11 is 0. The lowest BCUT2D eigenvalue weighted by Crippen LogP contribution is -2.40. The van der Waals surface area contributed by atoms with E-state index in [0.717, 1.165) is 43.6 Å². The zero-order valence-electron chi connectivity index (χ0n) is 16.9. The number of benzene rings is 2. The molecule has 1 atom stereocenters. The topological polar surface area (TPSA) is 41.4 Å². The van der Waals surface area contributed by atoms with E-state index >= 15 is 0 Å². The van der Waals surface area contributed by atoms with E-state index in [4.69, 9.17) is 0 Å². The van der Waals surface area contributed by atoms with Crippen molar-refractivity contribution in [3.05, 3.63) is 89.7 Å². The summed E-state index contributed by atoms with van der Waals surface area (Å²) in [6.07, 6.45) is 6.18. The fraction of sp³-hybridized carbons (Fsp3) is 0.333. The molecule has 5 heteroatoms. The molecule has 150 valence electrons. The Balaban J connectivity index is 1.49. The van der Waals surface area contributed by atoms with Crippen LogP contribution in [0.2, 0.25) is 0 Å². The minimum Gasteiger partial charge on any atom is -0.341 e. The van der Waals surface area contributed by atoms with Gasteiger partial charge in [-0.3, -0.25) is 14.4 Å². The van der Waals surface area contributed by atoms with Crippen LogP contribution in [0.4, 0.5) is 0 Å². The van der Waals surface area contributed by atoms with E-state index in [9.17, 15) is 4.79 Å². The molecule has 2 heterocycles. The molecular formula is C24H28N4O. The van der Waals surface area contributed by atoms with Crippen LogP contribution in [0.25, 0.3) is 0 Å². The Morgan fingerprint density at radius 1 is 1.00 bits per heavy atom. The summed E-state index contributed by atoms with van der Waals surface area (Å²) in [6, 6.07) is 20.2. The highest BCUT2D eigenvalue weighted by Crippen LogP contribution is 2.25. The van der Waals surface area contributed by atoms with Gasteiger partial charge in [0.15, 0.2) is 0 Å². The van der Waals surface area contributed by atoms with Crippen molar-refractivity contribution in [3.8, 4) is 0 Å².